The summed E-state index contributed by atoms with van der Waals surface area (Å²) in [6, 6.07) is 10.2. The monoisotopic (exact) mass is 269 g/mol. The third-order valence-electron chi connectivity index (χ3n) is 4.75. The molecule has 5 rings (SSSR count). The summed E-state index contributed by atoms with van der Waals surface area (Å²) in [6.45, 7) is 3.56. The van der Waals surface area contributed by atoms with E-state index in [1.807, 2.05) is 30.3 Å². The van der Waals surface area contributed by atoms with E-state index in [-0.39, 0.29) is 5.56 Å². The molecule has 3 saturated heterocycles. The second kappa shape index (κ2) is 4.63. The molecule has 2 bridgehead atoms. The van der Waals surface area contributed by atoms with Crippen LogP contribution in [0.4, 0.5) is 5.82 Å². The largest absolute Gasteiger partial charge is 0.367 e. The molecule has 20 heavy (non-hydrogen) atoms. The number of aromatic amines is 1. The number of pyridine rings is 1. The molecule has 3 fully saturated rings. The molecule has 4 nitrogen and oxygen atoms in total. The number of benzene rings is 1. The Morgan fingerprint density at radius 1 is 1.20 bits per heavy atom. The Morgan fingerprint density at radius 3 is 2.75 bits per heavy atom. The molecule has 104 valence electrons. The lowest BCUT2D eigenvalue weighted by Crippen LogP contribution is -2.53. The lowest BCUT2D eigenvalue weighted by molar-refractivity contribution is 0.0974. The number of hydrogen-bond donors (Lipinski definition) is 2. The van der Waals surface area contributed by atoms with E-state index in [4.69, 9.17) is 0 Å². The van der Waals surface area contributed by atoms with Crippen LogP contribution in [0.25, 0.3) is 10.8 Å². The van der Waals surface area contributed by atoms with Crippen molar-refractivity contribution in [3.05, 3.63) is 40.7 Å². The van der Waals surface area contributed by atoms with Gasteiger partial charge in [0.25, 0.3) is 5.56 Å². The van der Waals surface area contributed by atoms with Crippen LogP contribution in [0.1, 0.15) is 12.8 Å². The Labute approximate surface area is 117 Å². The lowest BCUT2D eigenvalue weighted by atomic mass is 9.84. The van der Waals surface area contributed by atoms with E-state index in [9.17, 15) is 4.79 Å². The number of nitrogens with zero attached hydrogens (tertiary/aromatic N) is 1. The van der Waals surface area contributed by atoms with Crippen molar-refractivity contribution in [1.29, 1.82) is 0 Å². The molecule has 0 amide bonds. The van der Waals surface area contributed by atoms with Crippen LogP contribution in [0.2, 0.25) is 0 Å². The second-order valence-electron chi connectivity index (χ2n) is 5.99. The van der Waals surface area contributed by atoms with E-state index in [1.54, 1.807) is 0 Å². The Morgan fingerprint density at radius 2 is 2.00 bits per heavy atom. The molecule has 4 heterocycles. The average molecular weight is 269 g/mol. The van der Waals surface area contributed by atoms with Gasteiger partial charge < -0.3 is 15.2 Å². The maximum Gasteiger partial charge on any atom is 0.257 e. The number of piperidine rings is 3. The highest BCUT2D eigenvalue weighted by Gasteiger charge is 2.34. The Balaban J connectivity index is 1.64. The maximum absolute atomic E-state index is 12.1. The summed E-state index contributed by atoms with van der Waals surface area (Å²) in [6.07, 6.45) is 2.55. The van der Waals surface area contributed by atoms with Crippen molar-refractivity contribution in [2.24, 2.45) is 5.92 Å². The van der Waals surface area contributed by atoms with Gasteiger partial charge in [0, 0.05) is 18.0 Å². The highest BCUT2D eigenvalue weighted by molar-refractivity contribution is 5.83. The number of rotatable bonds is 2. The van der Waals surface area contributed by atoms with Crippen LogP contribution in [-0.2, 0) is 0 Å². The van der Waals surface area contributed by atoms with Crippen molar-refractivity contribution >= 4 is 16.6 Å². The molecule has 4 heteroatoms. The van der Waals surface area contributed by atoms with Gasteiger partial charge in [0.2, 0.25) is 0 Å². The van der Waals surface area contributed by atoms with Crippen LogP contribution in [-0.4, -0.2) is 35.6 Å². The fraction of sp³-hybridized carbons (Fsp3) is 0.438. The SMILES string of the molecule is O=c1[nH]c(NC2CN3CCC2CC3)cc2ccccc12. The van der Waals surface area contributed by atoms with Crippen LogP contribution in [0.15, 0.2) is 35.1 Å². The summed E-state index contributed by atoms with van der Waals surface area (Å²) < 4.78 is 0. The first-order valence-electron chi connectivity index (χ1n) is 7.40. The van der Waals surface area contributed by atoms with Gasteiger partial charge in [0.05, 0.1) is 0 Å². The molecule has 2 N–H and O–H groups in total. The zero-order chi connectivity index (χ0) is 13.5. The zero-order valence-corrected chi connectivity index (χ0v) is 11.4. The molecular formula is C16H19N3O. The van der Waals surface area contributed by atoms with Crippen LogP contribution in [0.3, 0.4) is 0 Å². The molecule has 0 radical (unpaired) electrons. The van der Waals surface area contributed by atoms with Crippen LogP contribution < -0.4 is 10.9 Å². The summed E-state index contributed by atoms with van der Waals surface area (Å²) >= 11 is 0. The molecule has 2 aromatic rings. The second-order valence-corrected chi connectivity index (χ2v) is 5.99. The summed E-state index contributed by atoms with van der Waals surface area (Å²) in [5.74, 6) is 1.60. The third-order valence-corrected chi connectivity index (χ3v) is 4.75. The van der Waals surface area contributed by atoms with Gasteiger partial charge in [-0.1, -0.05) is 18.2 Å². The number of nitrogens with one attached hydrogen (secondary N) is 2. The Kier molecular flexibility index (Phi) is 2.77. The predicted molar refractivity (Wildman–Crippen MR) is 81.1 cm³/mol. The van der Waals surface area contributed by atoms with Crippen LogP contribution >= 0.6 is 0 Å². The van der Waals surface area contributed by atoms with Crippen molar-refractivity contribution < 1.29 is 0 Å². The van der Waals surface area contributed by atoms with Gasteiger partial charge in [0.1, 0.15) is 5.82 Å². The van der Waals surface area contributed by atoms with E-state index in [0.717, 1.165) is 29.1 Å². The quantitative estimate of drug-likeness (QED) is 0.877. The average Bonchev–Trinajstić information content (AvgIpc) is 2.48. The van der Waals surface area contributed by atoms with Gasteiger partial charge in [-0.2, -0.15) is 0 Å². The topological polar surface area (TPSA) is 48.1 Å². The summed E-state index contributed by atoms with van der Waals surface area (Å²) in [7, 11) is 0. The molecule has 3 aliphatic rings. The summed E-state index contributed by atoms with van der Waals surface area (Å²) in [4.78, 5) is 17.6. The highest BCUT2D eigenvalue weighted by Crippen LogP contribution is 2.29. The van der Waals surface area contributed by atoms with Crippen LogP contribution in [0.5, 0.6) is 0 Å². The molecule has 1 aromatic heterocycles. The molecule has 1 unspecified atom stereocenters. The molecule has 1 aromatic carbocycles. The number of anilines is 1. The third kappa shape index (κ3) is 2.00. The van der Waals surface area contributed by atoms with E-state index in [1.165, 1.54) is 25.9 Å². The number of H-pyrrole nitrogens is 1. The summed E-state index contributed by atoms with van der Waals surface area (Å²) in [5.41, 5.74) is -0.00752. The normalized spacial score (nSPS) is 28.7. The molecule has 1 atom stereocenters. The van der Waals surface area contributed by atoms with E-state index in [2.05, 4.69) is 15.2 Å². The van der Waals surface area contributed by atoms with E-state index in [0.29, 0.717) is 6.04 Å². The van der Waals surface area contributed by atoms with Crippen molar-refractivity contribution in [2.75, 3.05) is 25.0 Å². The smallest absolute Gasteiger partial charge is 0.257 e. The maximum atomic E-state index is 12.1. The minimum atomic E-state index is -0.00752. The fourth-order valence-corrected chi connectivity index (χ4v) is 3.62. The van der Waals surface area contributed by atoms with Gasteiger partial charge in [0.15, 0.2) is 0 Å². The first kappa shape index (κ1) is 12.0. The number of fused-ring (bicyclic) bond motifs is 4. The minimum absolute atomic E-state index is 0.00752. The summed E-state index contributed by atoms with van der Waals surface area (Å²) in [5, 5.41) is 5.30. The fourth-order valence-electron chi connectivity index (χ4n) is 3.62. The van der Waals surface area contributed by atoms with Gasteiger partial charge in [-0.05, 0) is 49.4 Å². The lowest BCUT2D eigenvalue weighted by Gasteiger charge is -2.45. The Hall–Kier alpha value is -1.81. The van der Waals surface area contributed by atoms with Crippen molar-refractivity contribution in [3.63, 3.8) is 0 Å². The van der Waals surface area contributed by atoms with Crippen molar-refractivity contribution in [2.45, 2.75) is 18.9 Å². The molecule has 0 saturated carbocycles. The number of hydrogen-bond acceptors (Lipinski definition) is 3. The predicted octanol–water partition coefficient (Wildman–Crippen LogP) is 2.03. The zero-order valence-electron chi connectivity index (χ0n) is 11.4. The standard InChI is InChI=1S/C16H19N3O/c20-16-13-4-2-1-3-12(13)9-15(18-16)17-14-10-19-7-5-11(14)6-8-19/h1-4,9,11,14H,5-8,10H2,(H2,17,18,20). The molecule has 0 spiro atoms. The molecular weight excluding hydrogens is 250 g/mol. The van der Waals surface area contributed by atoms with Gasteiger partial charge in [-0.25, -0.2) is 0 Å². The molecule has 0 aliphatic carbocycles. The van der Waals surface area contributed by atoms with Gasteiger partial charge in [-0.15, -0.1) is 0 Å². The van der Waals surface area contributed by atoms with Crippen molar-refractivity contribution in [3.8, 4) is 0 Å². The van der Waals surface area contributed by atoms with Gasteiger partial charge in [-0.3, -0.25) is 4.79 Å². The van der Waals surface area contributed by atoms with E-state index < -0.39 is 0 Å². The minimum Gasteiger partial charge on any atom is -0.367 e. The molecule has 3 aliphatic heterocycles. The van der Waals surface area contributed by atoms with Crippen molar-refractivity contribution in [1.82, 2.24) is 9.88 Å². The first-order valence-corrected chi connectivity index (χ1v) is 7.40. The van der Waals surface area contributed by atoms with Crippen LogP contribution in [0, 0.1) is 5.92 Å². The number of aromatic nitrogens is 1. The highest BCUT2D eigenvalue weighted by atomic mass is 16.1. The van der Waals surface area contributed by atoms with Gasteiger partial charge >= 0.3 is 0 Å². The Bertz CT molecular complexity index is 685. The van der Waals surface area contributed by atoms with E-state index >= 15 is 0 Å². The first-order chi connectivity index (χ1) is 9.79.